The van der Waals surface area contributed by atoms with Crippen LogP contribution >= 0.6 is 11.6 Å². The van der Waals surface area contributed by atoms with Crippen LogP contribution in [0.15, 0.2) is 42.5 Å². The molecule has 0 saturated carbocycles. The van der Waals surface area contributed by atoms with Crippen molar-refractivity contribution in [2.75, 3.05) is 13.6 Å². The highest BCUT2D eigenvalue weighted by molar-refractivity contribution is 6.30. The number of rotatable bonds is 3. The highest BCUT2D eigenvalue weighted by Gasteiger charge is 2.37. The summed E-state index contributed by atoms with van der Waals surface area (Å²) in [5, 5.41) is 13.4. The van der Waals surface area contributed by atoms with Crippen LogP contribution in [0, 0.1) is 0 Å². The lowest BCUT2D eigenvalue weighted by Crippen LogP contribution is -2.27. The van der Waals surface area contributed by atoms with Crippen molar-refractivity contribution in [1.82, 2.24) is 5.32 Å². The first kappa shape index (κ1) is 14.9. The number of halogens is 1. The number of fused-ring (bicyclic) bond motifs is 2. The fourth-order valence-corrected chi connectivity index (χ4v) is 3.18. The van der Waals surface area contributed by atoms with Gasteiger partial charge in [0.15, 0.2) is 0 Å². The van der Waals surface area contributed by atoms with Gasteiger partial charge in [-0.05, 0) is 31.3 Å². The quantitative estimate of drug-likeness (QED) is 0.908. The second-order valence-electron chi connectivity index (χ2n) is 5.30. The summed E-state index contributed by atoms with van der Waals surface area (Å²) in [5.41, 5.74) is 1.49. The van der Waals surface area contributed by atoms with Gasteiger partial charge in [-0.25, -0.2) is 0 Å². The van der Waals surface area contributed by atoms with E-state index in [-0.39, 0.29) is 5.92 Å². The first-order valence-electron chi connectivity index (χ1n) is 7.05. The molecule has 2 aromatic carbocycles. The van der Waals surface area contributed by atoms with E-state index in [0.717, 1.165) is 5.56 Å². The summed E-state index contributed by atoms with van der Waals surface area (Å²) in [6.45, 7) is 0.531. The Morgan fingerprint density at radius 1 is 1.23 bits per heavy atom. The smallest absolute Gasteiger partial charge is 0.311 e. The third-order valence-electron chi connectivity index (χ3n) is 3.94. The van der Waals surface area contributed by atoms with Gasteiger partial charge in [-0.3, -0.25) is 4.79 Å². The molecule has 1 aliphatic rings. The predicted molar refractivity (Wildman–Crippen MR) is 85.0 cm³/mol. The van der Waals surface area contributed by atoms with E-state index in [1.165, 1.54) is 0 Å². The molecule has 5 heteroatoms. The Labute approximate surface area is 133 Å². The van der Waals surface area contributed by atoms with Gasteiger partial charge < -0.3 is 15.2 Å². The molecule has 22 heavy (non-hydrogen) atoms. The molecule has 2 aromatic rings. The molecule has 2 N–H and O–H groups in total. The summed E-state index contributed by atoms with van der Waals surface area (Å²) in [7, 11) is 1.81. The lowest BCUT2D eigenvalue weighted by atomic mass is 9.81. The van der Waals surface area contributed by atoms with E-state index in [0.29, 0.717) is 28.6 Å². The second-order valence-corrected chi connectivity index (χ2v) is 5.74. The minimum atomic E-state index is -0.885. The van der Waals surface area contributed by atoms with Gasteiger partial charge in [0.25, 0.3) is 0 Å². The Morgan fingerprint density at radius 2 is 1.95 bits per heavy atom. The summed E-state index contributed by atoms with van der Waals surface area (Å²) in [6.07, 6.45) is 0. The molecule has 2 atom stereocenters. The molecule has 1 aliphatic heterocycles. The first-order valence-corrected chi connectivity index (χ1v) is 7.43. The standard InChI is InChI=1S/C17H16ClNO3/c1-19-9-13-11-4-2-3-5-14(11)22-15-7-6-10(18)8-12(15)16(13)17(20)21/h2-8,13,16,19H,9H2,1H3,(H,20,21)/t13-,16?/m1/s1. The third-order valence-corrected chi connectivity index (χ3v) is 4.17. The van der Waals surface area contributed by atoms with Crippen LogP contribution < -0.4 is 10.1 Å². The van der Waals surface area contributed by atoms with Crippen LogP contribution in [0.2, 0.25) is 5.02 Å². The van der Waals surface area contributed by atoms with Gasteiger partial charge in [0, 0.05) is 28.6 Å². The first-order chi connectivity index (χ1) is 10.6. The Hall–Kier alpha value is -2.04. The summed E-state index contributed by atoms with van der Waals surface area (Å²) in [4.78, 5) is 11.9. The number of benzene rings is 2. The summed E-state index contributed by atoms with van der Waals surface area (Å²) >= 11 is 6.07. The Kier molecular flexibility index (Phi) is 4.05. The van der Waals surface area contributed by atoms with E-state index in [1.807, 2.05) is 31.3 Å². The number of ether oxygens (including phenoxy) is 1. The van der Waals surface area contributed by atoms with Gasteiger partial charge in [0.2, 0.25) is 0 Å². The maximum atomic E-state index is 11.9. The van der Waals surface area contributed by atoms with Gasteiger partial charge >= 0.3 is 5.97 Å². The lowest BCUT2D eigenvalue weighted by molar-refractivity contribution is -0.139. The van der Waals surface area contributed by atoms with Crippen molar-refractivity contribution in [2.45, 2.75) is 11.8 Å². The van der Waals surface area contributed by atoms with Gasteiger partial charge in [-0.15, -0.1) is 0 Å². The molecule has 1 unspecified atom stereocenters. The molecular weight excluding hydrogens is 302 g/mol. The second kappa shape index (κ2) is 5.99. The van der Waals surface area contributed by atoms with Gasteiger partial charge in [-0.2, -0.15) is 0 Å². The van der Waals surface area contributed by atoms with E-state index in [1.54, 1.807) is 18.2 Å². The summed E-state index contributed by atoms with van der Waals surface area (Å²) in [6, 6.07) is 12.7. The number of carboxylic acid groups (broad SMARTS) is 1. The predicted octanol–water partition coefficient (Wildman–Crippen LogP) is 3.62. The molecule has 0 amide bonds. The van der Waals surface area contributed by atoms with Crippen LogP contribution in [0.5, 0.6) is 11.5 Å². The zero-order chi connectivity index (χ0) is 15.7. The molecule has 0 aromatic heterocycles. The molecule has 0 fully saturated rings. The van der Waals surface area contributed by atoms with Gasteiger partial charge in [0.05, 0.1) is 5.92 Å². The highest BCUT2D eigenvalue weighted by Crippen LogP contribution is 2.46. The maximum absolute atomic E-state index is 11.9. The summed E-state index contributed by atoms with van der Waals surface area (Å²) < 4.78 is 5.96. The Bertz CT molecular complexity index is 717. The van der Waals surface area contributed by atoms with Crippen molar-refractivity contribution in [3.8, 4) is 11.5 Å². The Morgan fingerprint density at radius 3 is 2.68 bits per heavy atom. The van der Waals surface area contributed by atoms with Crippen molar-refractivity contribution in [3.63, 3.8) is 0 Å². The van der Waals surface area contributed by atoms with Crippen molar-refractivity contribution < 1.29 is 14.6 Å². The van der Waals surface area contributed by atoms with Gasteiger partial charge in [-0.1, -0.05) is 29.8 Å². The van der Waals surface area contributed by atoms with Gasteiger partial charge in [0.1, 0.15) is 11.5 Å². The largest absolute Gasteiger partial charge is 0.481 e. The minimum Gasteiger partial charge on any atom is -0.481 e. The normalized spacial score (nSPS) is 19.5. The van der Waals surface area contributed by atoms with Crippen LogP contribution in [-0.4, -0.2) is 24.7 Å². The molecule has 4 nitrogen and oxygen atoms in total. The molecule has 0 spiro atoms. The SMILES string of the molecule is CNC[C@@H]1c2ccccc2Oc2ccc(Cl)cc2C1C(=O)O. The number of hydrogen-bond acceptors (Lipinski definition) is 3. The van der Waals surface area contributed by atoms with Crippen LogP contribution in [0.1, 0.15) is 23.0 Å². The molecule has 0 bridgehead atoms. The lowest BCUT2D eigenvalue weighted by Gasteiger charge is -2.23. The third kappa shape index (κ3) is 2.56. The fourth-order valence-electron chi connectivity index (χ4n) is 3.00. The van der Waals surface area contributed by atoms with Crippen LogP contribution in [0.4, 0.5) is 0 Å². The molecule has 1 heterocycles. The van der Waals surface area contributed by atoms with Crippen molar-refractivity contribution in [3.05, 3.63) is 58.6 Å². The molecule has 3 rings (SSSR count). The number of carbonyl (C=O) groups is 1. The molecule has 114 valence electrons. The number of nitrogens with one attached hydrogen (secondary N) is 1. The van der Waals surface area contributed by atoms with Crippen LogP contribution in [0.3, 0.4) is 0 Å². The van der Waals surface area contributed by atoms with E-state index in [4.69, 9.17) is 16.3 Å². The average Bonchev–Trinajstić information content (AvgIpc) is 2.62. The van der Waals surface area contributed by atoms with Crippen molar-refractivity contribution >= 4 is 17.6 Å². The highest BCUT2D eigenvalue weighted by atomic mass is 35.5. The van der Waals surface area contributed by atoms with Crippen molar-refractivity contribution in [1.29, 1.82) is 0 Å². The summed E-state index contributed by atoms with van der Waals surface area (Å²) in [5.74, 6) is -0.606. The number of hydrogen-bond donors (Lipinski definition) is 2. The molecule has 0 saturated heterocycles. The molecule has 0 radical (unpaired) electrons. The minimum absolute atomic E-state index is 0.238. The Balaban J connectivity index is 2.24. The topological polar surface area (TPSA) is 58.6 Å². The average molecular weight is 318 g/mol. The van der Waals surface area contributed by atoms with Crippen LogP contribution in [-0.2, 0) is 4.79 Å². The zero-order valence-corrected chi connectivity index (χ0v) is 12.8. The number of carboxylic acids is 1. The van der Waals surface area contributed by atoms with E-state index in [9.17, 15) is 9.90 Å². The number of likely N-dealkylation sites (N-methyl/N-ethyl adjacent to an activating group) is 1. The maximum Gasteiger partial charge on any atom is 0.311 e. The molecule has 0 aliphatic carbocycles. The van der Waals surface area contributed by atoms with E-state index < -0.39 is 11.9 Å². The van der Waals surface area contributed by atoms with E-state index >= 15 is 0 Å². The monoisotopic (exact) mass is 317 g/mol. The van der Waals surface area contributed by atoms with Crippen LogP contribution in [0.25, 0.3) is 0 Å². The fraction of sp³-hybridized carbons (Fsp3) is 0.235. The number of aliphatic carboxylic acids is 1. The zero-order valence-electron chi connectivity index (χ0n) is 12.0. The van der Waals surface area contributed by atoms with E-state index in [2.05, 4.69) is 5.32 Å². The molecular formula is C17H16ClNO3. The van der Waals surface area contributed by atoms with Crippen molar-refractivity contribution in [2.24, 2.45) is 0 Å². The number of para-hydroxylation sites is 1.